The van der Waals surface area contributed by atoms with Crippen LogP contribution in [0.1, 0.15) is 12.8 Å². The Morgan fingerprint density at radius 1 is 0.800 bits per heavy atom. The van der Waals surface area contributed by atoms with Crippen LogP contribution in [0.15, 0.2) is 30.3 Å². The number of nitrogens with zero attached hydrogens (tertiary/aromatic N) is 4. The van der Waals surface area contributed by atoms with E-state index in [-0.39, 0.29) is 0 Å². The number of benzene rings is 2. The quantitative estimate of drug-likeness (QED) is 0.370. The van der Waals surface area contributed by atoms with Crippen LogP contribution in [0.2, 0.25) is 0 Å². The van der Waals surface area contributed by atoms with Gasteiger partial charge in [0, 0.05) is 29.2 Å². The summed E-state index contributed by atoms with van der Waals surface area (Å²) in [5, 5.41) is 20.3. The highest BCUT2D eigenvalue weighted by Crippen LogP contribution is 2.34. The first-order chi connectivity index (χ1) is 14.5. The van der Waals surface area contributed by atoms with E-state index in [2.05, 4.69) is 77.0 Å². The molecule has 0 radical (unpaired) electrons. The van der Waals surface area contributed by atoms with Crippen molar-refractivity contribution in [1.82, 2.24) is 20.0 Å². The number of rotatable bonds is 11. The molecular formula is C23H34N6O. The Kier molecular flexibility index (Phi) is 7.65. The number of hydrogen-bond acceptors (Lipinski definition) is 7. The number of aromatic nitrogens is 2. The average Bonchev–Trinajstić information content (AvgIpc) is 2.73. The third kappa shape index (κ3) is 5.49. The first-order valence-electron chi connectivity index (χ1n) is 10.5. The van der Waals surface area contributed by atoms with Gasteiger partial charge in [-0.05, 0) is 77.7 Å². The van der Waals surface area contributed by atoms with Gasteiger partial charge in [0.2, 0.25) is 0 Å². The summed E-state index contributed by atoms with van der Waals surface area (Å²) in [7, 11) is 10.1. The van der Waals surface area contributed by atoms with Gasteiger partial charge in [-0.2, -0.15) is 0 Å². The van der Waals surface area contributed by atoms with Gasteiger partial charge in [0.05, 0.1) is 7.11 Å². The van der Waals surface area contributed by atoms with E-state index in [1.807, 2.05) is 12.1 Å². The van der Waals surface area contributed by atoms with Crippen molar-refractivity contribution in [3.05, 3.63) is 30.3 Å². The van der Waals surface area contributed by atoms with E-state index in [0.717, 1.165) is 78.0 Å². The minimum atomic E-state index is 0.815. The van der Waals surface area contributed by atoms with Gasteiger partial charge >= 0.3 is 0 Å². The fourth-order valence-electron chi connectivity index (χ4n) is 3.54. The van der Waals surface area contributed by atoms with Crippen LogP contribution in [0, 0.1) is 0 Å². The van der Waals surface area contributed by atoms with Gasteiger partial charge in [-0.1, -0.05) is 12.1 Å². The van der Waals surface area contributed by atoms with Gasteiger partial charge < -0.3 is 25.2 Å². The summed E-state index contributed by atoms with van der Waals surface area (Å²) in [6.45, 7) is 3.76. The molecule has 0 saturated carbocycles. The molecule has 2 N–H and O–H groups in total. The Labute approximate surface area is 179 Å². The largest absolute Gasteiger partial charge is 0.496 e. The number of hydrogen-bond donors (Lipinski definition) is 2. The van der Waals surface area contributed by atoms with Crippen molar-refractivity contribution in [2.75, 3.05) is 72.1 Å². The van der Waals surface area contributed by atoms with Crippen LogP contribution in [0.3, 0.4) is 0 Å². The second kappa shape index (κ2) is 10.4. The molecule has 0 fully saturated rings. The molecule has 0 bridgehead atoms. The summed E-state index contributed by atoms with van der Waals surface area (Å²) < 4.78 is 5.59. The fourth-order valence-corrected chi connectivity index (χ4v) is 3.54. The molecule has 3 aromatic rings. The van der Waals surface area contributed by atoms with Gasteiger partial charge in [-0.3, -0.25) is 0 Å². The molecule has 30 heavy (non-hydrogen) atoms. The minimum absolute atomic E-state index is 0.815. The van der Waals surface area contributed by atoms with Gasteiger partial charge in [0.25, 0.3) is 0 Å². The molecule has 0 spiro atoms. The topological polar surface area (TPSA) is 65.5 Å². The maximum absolute atomic E-state index is 5.59. The molecule has 0 unspecified atom stereocenters. The maximum atomic E-state index is 5.59. The normalized spacial score (nSPS) is 11.6. The molecule has 2 aromatic carbocycles. The average molecular weight is 411 g/mol. The second-order valence-electron chi connectivity index (χ2n) is 8.14. The van der Waals surface area contributed by atoms with E-state index in [4.69, 9.17) is 4.74 Å². The Morgan fingerprint density at radius 3 is 1.90 bits per heavy atom. The van der Waals surface area contributed by atoms with Crippen LogP contribution >= 0.6 is 0 Å². The highest BCUT2D eigenvalue weighted by Gasteiger charge is 2.12. The number of anilines is 2. The van der Waals surface area contributed by atoms with Crippen molar-refractivity contribution in [2.45, 2.75) is 12.8 Å². The summed E-state index contributed by atoms with van der Waals surface area (Å²) in [4.78, 5) is 4.37. The standard InChI is InChI=1S/C23H34N6O/c1-28(2)13-7-11-24-22-19-15-17-9-6-10-21(30-5)18(17)16-20(19)23(27-26-22)25-12-8-14-29(3)4/h6,9-10,15-16H,7-8,11-14H2,1-5H3,(H,24,26)(H,25,27). The van der Waals surface area contributed by atoms with Crippen LogP contribution < -0.4 is 15.4 Å². The number of nitrogens with one attached hydrogen (secondary N) is 2. The van der Waals surface area contributed by atoms with E-state index in [1.54, 1.807) is 7.11 Å². The molecule has 0 atom stereocenters. The fraction of sp³-hybridized carbons (Fsp3) is 0.478. The van der Waals surface area contributed by atoms with E-state index in [0.29, 0.717) is 0 Å². The highest BCUT2D eigenvalue weighted by molar-refractivity contribution is 6.08. The number of methoxy groups -OCH3 is 1. The van der Waals surface area contributed by atoms with Crippen LogP contribution in [-0.4, -0.2) is 81.5 Å². The van der Waals surface area contributed by atoms with Crippen molar-refractivity contribution in [3.63, 3.8) is 0 Å². The van der Waals surface area contributed by atoms with Crippen molar-refractivity contribution in [3.8, 4) is 5.75 Å². The van der Waals surface area contributed by atoms with Crippen molar-refractivity contribution in [1.29, 1.82) is 0 Å². The van der Waals surface area contributed by atoms with Crippen LogP contribution in [0.25, 0.3) is 21.5 Å². The first kappa shape index (κ1) is 22.1. The summed E-state index contributed by atoms with van der Waals surface area (Å²) in [6, 6.07) is 10.5. The van der Waals surface area contributed by atoms with Crippen molar-refractivity contribution < 1.29 is 4.74 Å². The molecule has 0 aliphatic carbocycles. The minimum Gasteiger partial charge on any atom is -0.496 e. The molecule has 0 amide bonds. The zero-order chi connectivity index (χ0) is 21.5. The lowest BCUT2D eigenvalue weighted by Crippen LogP contribution is -2.18. The molecule has 3 rings (SSSR count). The molecule has 0 saturated heterocycles. The Hall–Kier alpha value is -2.64. The molecule has 0 aliphatic rings. The lowest BCUT2D eigenvalue weighted by molar-refractivity contribution is 0.405. The Balaban J connectivity index is 1.95. The molecule has 162 valence electrons. The predicted molar refractivity (Wildman–Crippen MR) is 127 cm³/mol. The Morgan fingerprint density at radius 2 is 1.37 bits per heavy atom. The van der Waals surface area contributed by atoms with Crippen LogP contribution in [0.4, 0.5) is 11.6 Å². The van der Waals surface area contributed by atoms with Crippen molar-refractivity contribution in [2.24, 2.45) is 0 Å². The number of fused-ring (bicyclic) bond motifs is 2. The summed E-state index contributed by atoms with van der Waals surface area (Å²) in [5.74, 6) is 2.51. The lowest BCUT2D eigenvalue weighted by Gasteiger charge is -2.15. The molecular weight excluding hydrogens is 376 g/mol. The zero-order valence-corrected chi connectivity index (χ0v) is 18.8. The van der Waals surface area contributed by atoms with Gasteiger partial charge in [-0.25, -0.2) is 0 Å². The zero-order valence-electron chi connectivity index (χ0n) is 18.8. The van der Waals surface area contributed by atoms with E-state index in [1.165, 1.54) is 0 Å². The van der Waals surface area contributed by atoms with Gasteiger partial charge in [-0.15, -0.1) is 10.2 Å². The summed E-state index contributed by atoms with van der Waals surface area (Å²) in [6.07, 6.45) is 2.08. The van der Waals surface area contributed by atoms with Crippen LogP contribution in [0.5, 0.6) is 5.75 Å². The lowest BCUT2D eigenvalue weighted by atomic mass is 10.0. The molecule has 0 aliphatic heterocycles. The third-order valence-electron chi connectivity index (χ3n) is 5.11. The smallest absolute Gasteiger partial charge is 0.156 e. The molecule has 1 heterocycles. The SMILES string of the molecule is COc1cccc2cc3c(NCCCN(C)C)nnc(NCCCN(C)C)c3cc12. The summed E-state index contributed by atoms with van der Waals surface area (Å²) >= 11 is 0. The number of ether oxygens (including phenoxy) is 1. The summed E-state index contributed by atoms with van der Waals surface area (Å²) in [5.41, 5.74) is 0. The van der Waals surface area contributed by atoms with E-state index in [9.17, 15) is 0 Å². The van der Waals surface area contributed by atoms with E-state index >= 15 is 0 Å². The highest BCUT2D eigenvalue weighted by atomic mass is 16.5. The van der Waals surface area contributed by atoms with Gasteiger partial charge in [0.15, 0.2) is 11.6 Å². The molecule has 1 aromatic heterocycles. The molecule has 7 heteroatoms. The monoisotopic (exact) mass is 410 g/mol. The predicted octanol–water partition coefficient (Wildman–Crippen LogP) is 3.52. The Bertz CT molecular complexity index is 973. The van der Waals surface area contributed by atoms with Crippen LogP contribution in [-0.2, 0) is 0 Å². The molecule has 7 nitrogen and oxygen atoms in total. The van der Waals surface area contributed by atoms with Gasteiger partial charge in [0.1, 0.15) is 5.75 Å². The van der Waals surface area contributed by atoms with Crippen molar-refractivity contribution >= 4 is 33.2 Å². The third-order valence-corrected chi connectivity index (χ3v) is 5.11. The second-order valence-corrected chi connectivity index (χ2v) is 8.14. The first-order valence-corrected chi connectivity index (χ1v) is 10.5. The maximum Gasteiger partial charge on any atom is 0.156 e. The van der Waals surface area contributed by atoms with E-state index < -0.39 is 0 Å².